The number of ether oxygens (including phenoxy) is 2. The second-order valence-corrected chi connectivity index (χ2v) is 4.49. The van der Waals surface area contributed by atoms with Crippen molar-refractivity contribution in [3.05, 3.63) is 29.8 Å². The molecule has 0 unspecified atom stereocenters. The first-order valence-electron chi connectivity index (χ1n) is 6.96. The van der Waals surface area contributed by atoms with Gasteiger partial charge in [0, 0.05) is 18.8 Å². The van der Waals surface area contributed by atoms with Gasteiger partial charge in [-0.05, 0) is 19.1 Å². The molecule has 0 atom stereocenters. The molecular weight excluding hydrogens is 258 g/mol. The summed E-state index contributed by atoms with van der Waals surface area (Å²) < 4.78 is 10.6. The van der Waals surface area contributed by atoms with Crippen LogP contribution in [-0.4, -0.2) is 62.9 Å². The number of aliphatic hydroxyl groups is 2. The Labute approximate surface area is 120 Å². The van der Waals surface area contributed by atoms with Crippen LogP contribution in [0.3, 0.4) is 0 Å². The zero-order valence-electron chi connectivity index (χ0n) is 12.1. The molecule has 0 heterocycles. The Morgan fingerprint density at radius 2 is 1.35 bits per heavy atom. The van der Waals surface area contributed by atoms with E-state index >= 15 is 0 Å². The first-order valence-corrected chi connectivity index (χ1v) is 6.96. The third-order valence-corrected chi connectivity index (χ3v) is 2.88. The SMILES string of the molecule is Cc1ccc(N(CCOCCO)CCOCCO)cc1. The minimum atomic E-state index is 0.0458. The zero-order valence-corrected chi connectivity index (χ0v) is 12.1. The average Bonchev–Trinajstić information content (AvgIpc) is 2.47. The van der Waals surface area contributed by atoms with Crippen LogP contribution in [0.25, 0.3) is 0 Å². The smallest absolute Gasteiger partial charge is 0.0698 e. The van der Waals surface area contributed by atoms with Gasteiger partial charge in [0.15, 0.2) is 0 Å². The molecule has 114 valence electrons. The van der Waals surface area contributed by atoms with Crippen LogP contribution in [0.4, 0.5) is 5.69 Å². The Kier molecular flexibility index (Phi) is 8.98. The fourth-order valence-corrected chi connectivity index (χ4v) is 1.81. The molecule has 0 spiro atoms. The molecule has 0 saturated carbocycles. The van der Waals surface area contributed by atoms with Crippen LogP contribution in [0, 0.1) is 6.92 Å². The van der Waals surface area contributed by atoms with Crippen molar-refractivity contribution in [3.63, 3.8) is 0 Å². The van der Waals surface area contributed by atoms with E-state index in [-0.39, 0.29) is 13.2 Å². The molecule has 0 fully saturated rings. The zero-order chi connectivity index (χ0) is 14.6. The highest BCUT2D eigenvalue weighted by molar-refractivity contribution is 5.47. The quantitative estimate of drug-likeness (QED) is 0.589. The lowest BCUT2D eigenvalue weighted by molar-refractivity contribution is 0.0884. The fraction of sp³-hybridized carbons (Fsp3) is 0.600. The molecule has 1 aromatic rings. The normalized spacial score (nSPS) is 10.8. The van der Waals surface area contributed by atoms with E-state index in [1.54, 1.807) is 0 Å². The Hall–Kier alpha value is -1.14. The number of aliphatic hydroxyl groups excluding tert-OH is 2. The van der Waals surface area contributed by atoms with Gasteiger partial charge >= 0.3 is 0 Å². The molecule has 0 radical (unpaired) electrons. The summed E-state index contributed by atoms with van der Waals surface area (Å²) in [6.45, 7) is 5.49. The van der Waals surface area contributed by atoms with E-state index in [0.29, 0.717) is 26.4 Å². The third kappa shape index (κ3) is 6.86. The molecule has 0 saturated heterocycles. The highest BCUT2D eigenvalue weighted by Crippen LogP contribution is 2.14. The van der Waals surface area contributed by atoms with E-state index < -0.39 is 0 Å². The number of nitrogens with zero attached hydrogens (tertiary/aromatic N) is 1. The minimum Gasteiger partial charge on any atom is -0.394 e. The second-order valence-electron chi connectivity index (χ2n) is 4.49. The van der Waals surface area contributed by atoms with Gasteiger partial charge in [-0.25, -0.2) is 0 Å². The number of benzene rings is 1. The average molecular weight is 283 g/mol. The third-order valence-electron chi connectivity index (χ3n) is 2.88. The number of hydrogen-bond donors (Lipinski definition) is 2. The van der Waals surface area contributed by atoms with E-state index in [4.69, 9.17) is 19.7 Å². The molecule has 0 aromatic heterocycles. The van der Waals surface area contributed by atoms with E-state index in [0.717, 1.165) is 18.8 Å². The van der Waals surface area contributed by atoms with E-state index in [9.17, 15) is 0 Å². The molecule has 1 rings (SSSR count). The van der Waals surface area contributed by atoms with Crippen molar-refractivity contribution in [2.45, 2.75) is 6.92 Å². The van der Waals surface area contributed by atoms with Crippen molar-refractivity contribution in [2.75, 3.05) is 57.6 Å². The Bertz CT molecular complexity index is 330. The summed E-state index contributed by atoms with van der Waals surface area (Å²) in [6.07, 6.45) is 0. The lowest BCUT2D eigenvalue weighted by Crippen LogP contribution is -2.31. The number of anilines is 1. The summed E-state index contributed by atoms with van der Waals surface area (Å²) >= 11 is 0. The van der Waals surface area contributed by atoms with Crippen molar-refractivity contribution < 1.29 is 19.7 Å². The fourth-order valence-electron chi connectivity index (χ4n) is 1.81. The molecule has 5 nitrogen and oxygen atoms in total. The molecule has 2 N–H and O–H groups in total. The molecule has 20 heavy (non-hydrogen) atoms. The second kappa shape index (κ2) is 10.6. The van der Waals surface area contributed by atoms with Crippen molar-refractivity contribution in [3.8, 4) is 0 Å². The molecule has 1 aromatic carbocycles. The predicted octanol–water partition coefficient (Wildman–Crippen LogP) is 0.819. The summed E-state index contributed by atoms with van der Waals surface area (Å²) in [4.78, 5) is 2.17. The molecule has 5 heteroatoms. The lowest BCUT2D eigenvalue weighted by atomic mass is 10.2. The van der Waals surface area contributed by atoms with Crippen LogP contribution in [-0.2, 0) is 9.47 Å². The summed E-state index contributed by atoms with van der Waals surface area (Å²) in [5, 5.41) is 17.4. The van der Waals surface area contributed by atoms with Crippen LogP contribution < -0.4 is 4.90 Å². The van der Waals surface area contributed by atoms with Gasteiger partial charge in [0.1, 0.15) is 0 Å². The highest BCUT2D eigenvalue weighted by atomic mass is 16.5. The summed E-state index contributed by atoms with van der Waals surface area (Å²) in [5.74, 6) is 0. The topological polar surface area (TPSA) is 62.2 Å². The number of aryl methyl sites for hydroxylation is 1. The Balaban J connectivity index is 2.47. The van der Waals surface area contributed by atoms with Gasteiger partial charge in [0.25, 0.3) is 0 Å². The first kappa shape index (κ1) is 16.9. The monoisotopic (exact) mass is 283 g/mol. The molecular formula is C15H25NO4. The number of rotatable bonds is 11. The molecule has 0 bridgehead atoms. The van der Waals surface area contributed by atoms with Gasteiger partial charge in [0.2, 0.25) is 0 Å². The van der Waals surface area contributed by atoms with E-state index in [1.807, 2.05) is 0 Å². The van der Waals surface area contributed by atoms with Crippen LogP contribution in [0.5, 0.6) is 0 Å². The number of hydrogen-bond acceptors (Lipinski definition) is 5. The highest BCUT2D eigenvalue weighted by Gasteiger charge is 2.06. The van der Waals surface area contributed by atoms with Crippen molar-refractivity contribution >= 4 is 5.69 Å². The van der Waals surface area contributed by atoms with Gasteiger partial charge < -0.3 is 24.6 Å². The Morgan fingerprint density at radius 1 is 0.850 bits per heavy atom. The Morgan fingerprint density at radius 3 is 1.80 bits per heavy atom. The maximum atomic E-state index is 8.70. The van der Waals surface area contributed by atoms with Crippen molar-refractivity contribution in [1.82, 2.24) is 0 Å². The standard InChI is InChI=1S/C15H25NO4/c1-14-2-4-15(5-3-14)16(6-10-19-12-8-17)7-11-20-13-9-18/h2-5,17-18H,6-13H2,1H3. The van der Waals surface area contributed by atoms with E-state index in [2.05, 4.69) is 36.1 Å². The predicted molar refractivity (Wildman–Crippen MR) is 79.2 cm³/mol. The van der Waals surface area contributed by atoms with Gasteiger partial charge in [-0.1, -0.05) is 17.7 Å². The molecule has 0 aliphatic carbocycles. The molecule has 0 aliphatic heterocycles. The summed E-state index contributed by atoms with van der Waals surface area (Å²) in [7, 11) is 0. The molecule has 0 aliphatic rings. The van der Waals surface area contributed by atoms with Crippen molar-refractivity contribution in [2.24, 2.45) is 0 Å². The maximum absolute atomic E-state index is 8.70. The van der Waals surface area contributed by atoms with Crippen LogP contribution in [0.1, 0.15) is 5.56 Å². The lowest BCUT2D eigenvalue weighted by Gasteiger charge is -2.25. The molecule has 0 amide bonds. The summed E-state index contributed by atoms with van der Waals surface area (Å²) in [5.41, 5.74) is 2.34. The first-order chi connectivity index (χ1) is 9.77. The largest absolute Gasteiger partial charge is 0.394 e. The summed E-state index contributed by atoms with van der Waals surface area (Å²) in [6, 6.07) is 8.30. The van der Waals surface area contributed by atoms with E-state index in [1.165, 1.54) is 5.56 Å². The maximum Gasteiger partial charge on any atom is 0.0698 e. The van der Waals surface area contributed by atoms with Crippen molar-refractivity contribution in [1.29, 1.82) is 0 Å². The van der Waals surface area contributed by atoms with Crippen LogP contribution >= 0.6 is 0 Å². The minimum absolute atomic E-state index is 0.0458. The van der Waals surface area contributed by atoms with Gasteiger partial charge in [0.05, 0.1) is 39.6 Å². The van der Waals surface area contributed by atoms with Crippen LogP contribution in [0.2, 0.25) is 0 Å². The van der Waals surface area contributed by atoms with Gasteiger partial charge in [-0.15, -0.1) is 0 Å². The van der Waals surface area contributed by atoms with Crippen LogP contribution in [0.15, 0.2) is 24.3 Å². The van der Waals surface area contributed by atoms with Gasteiger partial charge in [-0.2, -0.15) is 0 Å². The van der Waals surface area contributed by atoms with Gasteiger partial charge in [-0.3, -0.25) is 0 Å².